The zero-order chi connectivity index (χ0) is 25.7. The Kier molecular flexibility index (Phi) is 7.44. The predicted molar refractivity (Wildman–Crippen MR) is 134 cm³/mol. The van der Waals surface area contributed by atoms with E-state index in [2.05, 4.69) is 4.98 Å². The molecule has 1 saturated heterocycles. The van der Waals surface area contributed by atoms with E-state index < -0.39 is 23.7 Å². The van der Waals surface area contributed by atoms with Crippen molar-refractivity contribution in [1.82, 2.24) is 4.98 Å². The first-order valence-electron chi connectivity index (χ1n) is 11.7. The number of ketones is 1. The van der Waals surface area contributed by atoms with Crippen molar-refractivity contribution in [3.05, 3.63) is 95.3 Å². The van der Waals surface area contributed by atoms with E-state index in [1.54, 1.807) is 60.8 Å². The van der Waals surface area contributed by atoms with E-state index in [0.717, 1.165) is 0 Å². The molecule has 0 radical (unpaired) electrons. The predicted octanol–water partition coefficient (Wildman–Crippen LogP) is 4.67. The molecule has 0 spiro atoms. The number of hydrogen-bond donors (Lipinski definition) is 1. The molecular weight excluding hydrogens is 460 g/mol. The molecule has 1 unspecified atom stereocenters. The van der Waals surface area contributed by atoms with Gasteiger partial charge in [-0.2, -0.15) is 0 Å². The largest absolute Gasteiger partial charge is 0.507 e. The molecule has 0 saturated carbocycles. The summed E-state index contributed by atoms with van der Waals surface area (Å²) in [7, 11) is 0. The molecule has 8 heteroatoms. The van der Waals surface area contributed by atoms with Gasteiger partial charge in [-0.25, -0.2) is 4.79 Å². The first-order valence-corrected chi connectivity index (χ1v) is 11.7. The molecule has 1 N–H and O–H groups in total. The third-order valence-electron chi connectivity index (χ3n) is 5.67. The number of rotatable bonds is 8. The van der Waals surface area contributed by atoms with Crippen LogP contribution in [0.2, 0.25) is 0 Å². The van der Waals surface area contributed by atoms with Crippen molar-refractivity contribution in [1.29, 1.82) is 0 Å². The average Bonchev–Trinajstić information content (AvgIpc) is 3.18. The zero-order valence-corrected chi connectivity index (χ0v) is 20.0. The fourth-order valence-corrected chi connectivity index (χ4v) is 3.98. The fraction of sp³-hybridized carbons (Fsp3) is 0.214. The van der Waals surface area contributed by atoms with Gasteiger partial charge in [0.15, 0.2) is 0 Å². The Balaban J connectivity index is 1.77. The van der Waals surface area contributed by atoms with Crippen LogP contribution in [0.3, 0.4) is 0 Å². The highest BCUT2D eigenvalue weighted by atomic mass is 16.5. The van der Waals surface area contributed by atoms with E-state index in [9.17, 15) is 19.5 Å². The van der Waals surface area contributed by atoms with Gasteiger partial charge in [0, 0.05) is 17.4 Å². The normalized spacial score (nSPS) is 16.7. The molecule has 3 aromatic rings. The number of aliphatic hydroxyl groups excluding tert-OH is 1. The molecule has 0 aliphatic carbocycles. The van der Waals surface area contributed by atoms with Crippen LogP contribution >= 0.6 is 0 Å². The highest BCUT2D eigenvalue weighted by Gasteiger charge is 2.47. The lowest BCUT2D eigenvalue weighted by atomic mass is 9.98. The minimum absolute atomic E-state index is 0.0747. The van der Waals surface area contributed by atoms with Crippen molar-refractivity contribution in [2.45, 2.75) is 26.3 Å². The van der Waals surface area contributed by atoms with E-state index in [1.165, 1.54) is 17.0 Å². The van der Waals surface area contributed by atoms with Crippen LogP contribution < -0.4 is 9.64 Å². The first-order chi connectivity index (χ1) is 17.5. The number of carbonyl (C=O) groups excluding carboxylic acids is 3. The summed E-state index contributed by atoms with van der Waals surface area (Å²) in [5.74, 6) is -1.80. The molecule has 1 amide bonds. The Bertz CT molecular complexity index is 1280. The Hall–Kier alpha value is -4.46. The number of aromatic nitrogens is 1. The summed E-state index contributed by atoms with van der Waals surface area (Å²) in [6.45, 7) is 4.56. The van der Waals surface area contributed by atoms with Crippen molar-refractivity contribution >= 4 is 29.1 Å². The SMILES string of the molecule is CCCOC(=O)c1ccc(N2C(=O)C(=O)/C(=C(/O)c3ccc(OCC)cc3)C2c2ccccn2)cc1. The molecule has 1 aliphatic heterocycles. The number of hydrogen-bond acceptors (Lipinski definition) is 7. The van der Waals surface area contributed by atoms with Crippen LogP contribution in [0, 0.1) is 0 Å². The van der Waals surface area contributed by atoms with Crippen molar-refractivity contribution in [3.8, 4) is 5.75 Å². The highest BCUT2D eigenvalue weighted by Crippen LogP contribution is 2.41. The van der Waals surface area contributed by atoms with Crippen LogP contribution in [0.15, 0.2) is 78.5 Å². The molecule has 8 nitrogen and oxygen atoms in total. The van der Waals surface area contributed by atoms with Gasteiger partial charge in [-0.15, -0.1) is 0 Å². The zero-order valence-electron chi connectivity index (χ0n) is 20.0. The number of amides is 1. The fourth-order valence-electron chi connectivity index (χ4n) is 3.98. The lowest BCUT2D eigenvalue weighted by molar-refractivity contribution is -0.132. The molecule has 0 bridgehead atoms. The Labute approximate surface area is 208 Å². The van der Waals surface area contributed by atoms with Crippen LogP contribution in [0.5, 0.6) is 5.75 Å². The van der Waals surface area contributed by atoms with Crippen LogP contribution in [-0.4, -0.2) is 41.0 Å². The van der Waals surface area contributed by atoms with E-state index in [0.29, 0.717) is 47.9 Å². The number of aliphatic hydroxyl groups is 1. The van der Waals surface area contributed by atoms with E-state index in [1.807, 2.05) is 13.8 Å². The molecule has 1 aliphatic rings. The van der Waals surface area contributed by atoms with Crippen molar-refractivity contribution in [2.75, 3.05) is 18.1 Å². The van der Waals surface area contributed by atoms with Gasteiger partial charge in [0.05, 0.1) is 30.0 Å². The maximum atomic E-state index is 13.2. The summed E-state index contributed by atoms with van der Waals surface area (Å²) in [6.07, 6.45) is 2.26. The third-order valence-corrected chi connectivity index (χ3v) is 5.67. The topological polar surface area (TPSA) is 106 Å². The van der Waals surface area contributed by atoms with Gasteiger partial charge in [0.2, 0.25) is 0 Å². The van der Waals surface area contributed by atoms with Crippen LogP contribution in [0.4, 0.5) is 5.69 Å². The van der Waals surface area contributed by atoms with Gasteiger partial charge in [-0.3, -0.25) is 19.5 Å². The summed E-state index contributed by atoms with van der Waals surface area (Å²) in [5, 5.41) is 11.2. The number of pyridine rings is 1. The quantitative estimate of drug-likeness (QED) is 0.213. The van der Waals surface area contributed by atoms with E-state index in [-0.39, 0.29) is 11.3 Å². The van der Waals surface area contributed by atoms with Crippen LogP contribution in [0.1, 0.15) is 47.9 Å². The molecule has 1 atom stereocenters. The summed E-state index contributed by atoms with van der Waals surface area (Å²) in [5.41, 5.74) is 1.41. The lowest BCUT2D eigenvalue weighted by Crippen LogP contribution is -2.29. The van der Waals surface area contributed by atoms with Gasteiger partial charge in [0.1, 0.15) is 17.6 Å². The van der Waals surface area contributed by atoms with Crippen LogP contribution in [-0.2, 0) is 14.3 Å². The highest BCUT2D eigenvalue weighted by molar-refractivity contribution is 6.51. The number of anilines is 1. The van der Waals surface area contributed by atoms with E-state index in [4.69, 9.17) is 9.47 Å². The molecule has 2 aromatic carbocycles. The Morgan fingerprint density at radius 2 is 1.67 bits per heavy atom. The van der Waals surface area contributed by atoms with E-state index >= 15 is 0 Å². The van der Waals surface area contributed by atoms with Gasteiger partial charge < -0.3 is 14.6 Å². The second kappa shape index (κ2) is 10.9. The second-order valence-electron chi connectivity index (χ2n) is 8.06. The number of Topliss-reactive ketones (excluding diaryl/α,β-unsaturated/α-hetero) is 1. The second-order valence-corrected chi connectivity index (χ2v) is 8.06. The standard InChI is InChI=1S/C28H26N2O6/c1-3-17-36-28(34)19-8-12-20(13-9-19)30-24(22-7-5-6-16-29-22)23(26(32)27(30)33)25(31)18-10-14-21(15-11-18)35-4-2/h5-16,24,31H,3-4,17H2,1-2H3/b25-23+. The Morgan fingerprint density at radius 3 is 2.28 bits per heavy atom. The molecule has 1 fully saturated rings. The average molecular weight is 487 g/mol. The first kappa shape index (κ1) is 24.7. The van der Waals surface area contributed by atoms with Crippen molar-refractivity contribution in [2.24, 2.45) is 0 Å². The Morgan fingerprint density at radius 1 is 0.972 bits per heavy atom. The van der Waals surface area contributed by atoms with Gasteiger partial charge in [-0.1, -0.05) is 13.0 Å². The maximum Gasteiger partial charge on any atom is 0.338 e. The maximum absolute atomic E-state index is 13.2. The molecule has 2 heterocycles. The van der Waals surface area contributed by atoms with Crippen molar-refractivity contribution < 1.29 is 29.0 Å². The lowest BCUT2D eigenvalue weighted by Gasteiger charge is -2.24. The molecule has 4 rings (SSSR count). The minimum Gasteiger partial charge on any atom is -0.507 e. The monoisotopic (exact) mass is 486 g/mol. The molecule has 1 aromatic heterocycles. The minimum atomic E-state index is -0.962. The number of esters is 1. The number of nitrogens with zero attached hydrogens (tertiary/aromatic N) is 2. The van der Waals surface area contributed by atoms with Crippen molar-refractivity contribution in [3.63, 3.8) is 0 Å². The summed E-state index contributed by atoms with van der Waals surface area (Å²) in [6, 6.07) is 17.0. The van der Waals surface area contributed by atoms with Gasteiger partial charge in [0.25, 0.3) is 11.7 Å². The number of benzene rings is 2. The summed E-state index contributed by atoms with van der Waals surface area (Å²) < 4.78 is 10.6. The molecular formula is C28H26N2O6. The third kappa shape index (κ3) is 4.84. The van der Waals surface area contributed by atoms with Gasteiger partial charge in [-0.05, 0) is 74.0 Å². The van der Waals surface area contributed by atoms with Crippen LogP contribution in [0.25, 0.3) is 5.76 Å². The number of ether oxygens (including phenoxy) is 2. The molecule has 36 heavy (non-hydrogen) atoms. The smallest absolute Gasteiger partial charge is 0.338 e. The van der Waals surface area contributed by atoms with Gasteiger partial charge >= 0.3 is 5.97 Å². The summed E-state index contributed by atoms with van der Waals surface area (Å²) >= 11 is 0. The number of carbonyl (C=O) groups is 3. The molecule has 184 valence electrons. The summed E-state index contributed by atoms with van der Waals surface area (Å²) in [4.78, 5) is 44.3.